The molecule has 1 amide bonds. The number of ether oxygens (including phenoxy) is 1. The largest absolute Gasteiger partial charge is 0.419 e. The van der Waals surface area contributed by atoms with Crippen LogP contribution in [0.25, 0.3) is 11.1 Å². The van der Waals surface area contributed by atoms with Gasteiger partial charge in [-0.05, 0) is 18.6 Å². The third kappa shape index (κ3) is 6.18. The highest BCUT2D eigenvalue weighted by Gasteiger charge is 2.18. The van der Waals surface area contributed by atoms with Gasteiger partial charge in [0.05, 0.1) is 18.7 Å². The van der Waals surface area contributed by atoms with Crippen molar-refractivity contribution in [1.29, 1.82) is 0 Å². The molecule has 1 aromatic heterocycles. The van der Waals surface area contributed by atoms with Gasteiger partial charge in [0.15, 0.2) is 5.58 Å². The van der Waals surface area contributed by atoms with Crippen LogP contribution in [0.15, 0.2) is 33.5 Å². The molecule has 0 aliphatic carbocycles. The molecule has 0 bridgehead atoms. The van der Waals surface area contributed by atoms with Crippen molar-refractivity contribution in [2.75, 3.05) is 45.9 Å². The third-order valence-corrected chi connectivity index (χ3v) is 5.55. The number of para-hydroxylation sites is 2. The van der Waals surface area contributed by atoms with E-state index in [0.29, 0.717) is 18.5 Å². The van der Waals surface area contributed by atoms with Crippen LogP contribution < -0.4 is 5.76 Å². The second kappa shape index (κ2) is 11.2. The van der Waals surface area contributed by atoms with E-state index < -0.39 is 5.76 Å². The molecule has 0 unspecified atom stereocenters. The summed E-state index contributed by atoms with van der Waals surface area (Å²) in [6.45, 7) is 8.30. The zero-order valence-corrected chi connectivity index (χ0v) is 17.5. The number of carbonyl (C=O) groups excluding carboxylic acids is 1. The monoisotopic (exact) mass is 403 g/mol. The maximum atomic E-state index is 13.0. The summed E-state index contributed by atoms with van der Waals surface area (Å²) in [5.41, 5.74) is 1.31. The number of hydrogen-bond acceptors (Lipinski definition) is 5. The zero-order chi connectivity index (χ0) is 20.5. The van der Waals surface area contributed by atoms with Crippen LogP contribution in [0, 0.1) is 0 Å². The maximum absolute atomic E-state index is 13.0. The molecule has 0 N–H and O–H groups in total. The number of fused-ring (bicyclic) bond motifs is 1. The molecular formula is C22H33N3O4. The van der Waals surface area contributed by atoms with Crippen LogP contribution in [0.4, 0.5) is 0 Å². The van der Waals surface area contributed by atoms with Crippen molar-refractivity contribution in [3.05, 3.63) is 34.8 Å². The van der Waals surface area contributed by atoms with Gasteiger partial charge in [-0.3, -0.25) is 14.3 Å². The van der Waals surface area contributed by atoms with Crippen LogP contribution in [0.2, 0.25) is 0 Å². The minimum atomic E-state index is -0.401. The van der Waals surface area contributed by atoms with Gasteiger partial charge >= 0.3 is 5.76 Å². The van der Waals surface area contributed by atoms with Crippen LogP contribution in [0.3, 0.4) is 0 Å². The first-order valence-electron chi connectivity index (χ1n) is 10.9. The predicted molar refractivity (Wildman–Crippen MR) is 113 cm³/mol. The lowest BCUT2D eigenvalue weighted by Gasteiger charge is -2.30. The van der Waals surface area contributed by atoms with Gasteiger partial charge in [0, 0.05) is 45.7 Å². The summed E-state index contributed by atoms with van der Waals surface area (Å²) in [7, 11) is 0. The standard InChI is InChI=1S/C22H33N3O4/c1-2-3-4-7-11-24(14-13-23-15-17-28-18-16-23)21(26)10-12-25-19-8-5-6-9-20(19)29-22(25)27/h5-6,8-9H,2-4,7,10-18H2,1H3. The molecule has 1 aliphatic rings. The number of amides is 1. The van der Waals surface area contributed by atoms with Gasteiger partial charge in [-0.1, -0.05) is 38.3 Å². The number of rotatable bonds is 11. The molecule has 1 saturated heterocycles. The summed E-state index contributed by atoms with van der Waals surface area (Å²) in [5, 5.41) is 0. The molecule has 7 heteroatoms. The number of aromatic nitrogens is 1. The van der Waals surface area contributed by atoms with E-state index >= 15 is 0 Å². The van der Waals surface area contributed by atoms with Gasteiger partial charge in [-0.25, -0.2) is 4.79 Å². The molecule has 0 atom stereocenters. The maximum Gasteiger partial charge on any atom is 0.419 e. The van der Waals surface area contributed by atoms with Crippen LogP contribution in [0.1, 0.15) is 39.0 Å². The molecule has 2 heterocycles. The van der Waals surface area contributed by atoms with Crippen LogP contribution >= 0.6 is 0 Å². The first-order valence-corrected chi connectivity index (χ1v) is 10.9. The number of benzene rings is 1. The quantitative estimate of drug-likeness (QED) is 0.540. The second-order valence-corrected chi connectivity index (χ2v) is 7.63. The van der Waals surface area contributed by atoms with Crippen molar-refractivity contribution in [2.45, 2.75) is 45.6 Å². The molecule has 2 aromatic rings. The van der Waals surface area contributed by atoms with E-state index in [-0.39, 0.29) is 5.91 Å². The highest BCUT2D eigenvalue weighted by atomic mass is 16.5. The zero-order valence-electron chi connectivity index (χ0n) is 17.5. The van der Waals surface area contributed by atoms with Crippen molar-refractivity contribution < 1.29 is 13.9 Å². The van der Waals surface area contributed by atoms with Gasteiger partial charge in [0.25, 0.3) is 0 Å². The fraction of sp³-hybridized carbons (Fsp3) is 0.636. The first kappa shape index (κ1) is 21.6. The number of carbonyl (C=O) groups is 1. The lowest BCUT2D eigenvalue weighted by atomic mass is 10.2. The van der Waals surface area contributed by atoms with Gasteiger partial charge in [0.2, 0.25) is 5.91 Å². The topological polar surface area (TPSA) is 67.9 Å². The first-order chi connectivity index (χ1) is 14.2. The average molecular weight is 404 g/mol. The molecule has 7 nitrogen and oxygen atoms in total. The lowest BCUT2D eigenvalue weighted by Crippen LogP contribution is -2.43. The number of hydrogen-bond donors (Lipinski definition) is 0. The van der Waals surface area contributed by atoms with Crippen molar-refractivity contribution in [1.82, 2.24) is 14.4 Å². The Balaban J connectivity index is 1.58. The second-order valence-electron chi connectivity index (χ2n) is 7.63. The molecule has 0 radical (unpaired) electrons. The predicted octanol–water partition coefficient (Wildman–Crippen LogP) is 2.73. The Morgan fingerprint density at radius 1 is 1.07 bits per heavy atom. The van der Waals surface area contributed by atoms with E-state index in [1.807, 2.05) is 23.1 Å². The molecule has 1 aliphatic heterocycles. The third-order valence-electron chi connectivity index (χ3n) is 5.55. The fourth-order valence-electron chi connectivity index (χ4n) is 3.77. The van der Waals surface area contributed by atoms with E-state index in [9.17, 15) is 9.59 Å². The molecule has 3 rings (SSSR count). The van der Waals surface area contributed by atoms with Crippen molar-refractivity contribution in [2.24, 2.45) is 0 Å². The molecule has 29 heavy (non-hydrogen) atoms. The van der Waals surface area contributed by atoms with Crippen LogP contribution in [-0.2, 0) is 16.1 Å². The molecule has 0 spiro atoms. The number of aryl methyl sites for hydroxylation is 1. The molecule has 1 aromatic carbocycles. The summed E-state index contributed by atoms with van der Waals surface area (Å²) in [6, 6.07) is 7.34. The Kier molecular flexibility index (Phi) is 8.31. The lowest BCUT2D eigenvalue weighted by molar-refractivity contribution is -0.131. The Bertz CT molecular complexity index is 823. The normalized spacial score (nSPS) is 15.1. The Morgan fingerprint density at radius 3 is 2.66 bits per heavy atom. The number of unbranched alkanes of at least 4 members (excludes halogenated alkanes) is 3. The van der Waals surface area contributed by atoms with E-state index in [1.165, 1.54) is 12.8 Å². The molecule has 1 fully saturated rings. The summed E-state index contributed by atoms with van der Waals surface area (Å²) < 4.78 is 12.2. The van der Waals surface area contributed by atoms with Crippen LogP contribution in [0.5, 0.6) is 0 Å². The Morgan fingerprint density at radius 2 is 1.86 bits per heavy atom. The average Bonchev–Trinajstić information content (AvgIpc) is 3.07. The van der Waals surface area contributed by atoms with Crippen molar-refractivity contribution in [3.63, 3.8) is 0 Å². The van der Waals surface area contributed by atoms with Gasteiger partial charge in [-0.2, -0.15) is 0 Å². The smallest absolute Gasteiger partial charge is 0.408 e. The Hall–Kier alpha value is -2.12. The summed E-state index contributed by atoms with van der Waals surface area (Å²) in [6.07, 6.45) is 4.85. The number of oxazole rings is 1. The van der Waals surface area contributed by atoms with E-state index in [1.54, 1.807) is 10.6 Å². The Labute approximate surface area is 172 Å². The highest BCUT2D eigenvalue weighted by molar-refractivity contribution is 5.77. The van der Waals surface area contributed by atoms with Crippen molar-refractivity contribution in [3.8, 4) is 0 Å². The number of morpholine rings is 1. The summed E-state index contributed by atoms with van der Waals surface area (Å²) in [4.78, 5) is 29.4. The minimum absolute atomic E-state index is 0.104. The van der Waals surface area contributed by atoms with Crippen molar-refractivity contribution >= 4 is 17.0 Å². The molecule has 0 saturated carbocycles. The summed E-state index contributed by atoms with van der Waals surface area (Å²) >= 11 is 0. The van der Waals surface area contributed by atoms with E-state index in [4.69, 9.17) is 9.15 Å². The van der Waals surface area contributed by atoms with Gasteiger partial charge in [-0.15, -0.1) is 0 Å². The summed E-state index contributed by atoms with van der Waals surface area (Å²) in [5.74, 6) is -0.297. The molecule has 160 valence electrons. The fourth-order valence-corrected chi connectivity index (χ4v) is 3.77. The minimum Gasteiger partial charge on any atom is -0.408 e. The molecular weight excluding hydrogens is 370 g/mol. The SMILES string of the molecule is CCCCCCN(CCN1CCOCC1)C(=O)CCn1c(=O)oc2ccccc21. The highest BCUT2D eigenvalue weighted by Crippen LogP contribution is 2.13. The van der Waals surface area contributed by atoms with Crippen LogP contribution in [-0.4, -0.2) is 66.2 Å². The van der Waals surface area contributed by atoms with E-state index in [2.05, 4.69) is 11.8 Å². The number of nitrogens with zero attached hydrogens (tertiary/aromatic N) is 3. The van der Waals surface area contributed by atoms with Gasteiger partial charge in [0.1, 0.15) is 0 Å². The van der Waals surface area contributed by atoms with E-state index in [0.717, 1.165) is 64.3 Å². The van der Waals surface area contributed by atoms with Gasteiger partial charge < -0.3 is 14.1 Å².